The fraction of sp³-hybridized carbons (Fsp3) is 0.292. The van der Waals surface area contributed by atoms with Crippen molar-refractivity contribution in [1.29, 1.82) is 0 Å². The number of anilines is 2. The van der Waals surface area contributed by atoms with Crippen molar-refractivity contribution in [3.05, 3.63) is 59.9 Å². The van der Waals surface area contributed by atoms with Crippen LogP contribution in [0.4, 0.5) is 15.8 Å². The molecular weight excluding hydrogens is 413 g/mol. The summed E-state index contributed by atoms with van der Waals surface area (Å²) >= 11 is 0. The summed E-state index contributed by atoms with van der Waals surface area (Å²) in [7, 11) is 0. The Morgan fingerprint density at radius 2 is 1.81 bits per heavy atom. The lowest BCUT2D eigenvalue weighted by Crippen LogP contribution is -2.47. The third-order valence-electron chi connectivity index (χ3n) is 5.47. The first-order valence-electron chi connectivity index (χ1n) is 10.6. The molecule has 166 valence electrons. The maximum Gasteiger partial charge on any atom is 0.265 e. The molecule has 32 heavy (non-hydrogen) atoms. The Balaban J connectivity index is 1.46. The van der Waals surface area contributed by atoms with Crippen LogP contribution >= 0.6 is 0 Å². The molecule has 7 nitrogen and oxygen atoms in total. The smallest absolute Gasteiger partial charge is 0.265 e. The van der Waals surface area contributed by atoms with Crippen LogP contribution in [-0.4, -0.2) is 48.9 Å². The van der Waals surface area contributed by atoms with E-state index in [9.17, 15) is 18.8 Å². The topological polar surface area (TPSA) is 79.0 Å². The number of benzene rings is 2. The Morgan fingerprint density at radius 3 is 2.56 bits per heavy atom. The standard InChI is InChI=1S/C24H24FN3O4/c25-18-7-4-17(5-8-18)6-11-22(29)26-19-9-10-21-20(14-19)28(24(31)16-32-21)15-23(30)27-12-2-1-3-13-27/h4-11,14H,1-3,12-13,15-16H2,(H,26,29)/b11-6+. The Morgan fingerprint density at radius 1 is 1.06 bits per heavy atom. The van der Waals surface area contributed by atoms with Crippen LogP contribution in [0, 0.1) is 5.82 Å². The molecule has 0 atom stereocenters. The molecule has 0 aromatic heterocycles. The van der Waals surface area contributed by atoms with E-state index in [4.69, 9.17) is 4.74 Å². The molecule has 3 amide bonds. The molecule has 0 bridgehead atoms. The van der Waals surface area contributed by atoms with Gasteiger partial charge >= 0.3 is 0 Å². The van der Waals surface area contributed by atoms with Crippen molar-refractivity contribution < 1.29 is 23.5 Å². The third kappa shape index (κ3) is 5.14. The van der Waals surface area contributed by atoms with E-state index in [1.165, 1.54) is 23.1 Å². The number of hydrogen-bond acceptors (Lipinski definition) is 4. The lowest BCUT2D eigenvalue weighted by atomic mass is 10.1. The third-order valence-corrected chi connectivity index (χ3v) is 5.47. The van der Waals surface area contributed by atoms with E-state index in [0.29, 0.717) is 35.8 Å². The van der Waals surface area contributed by atoms with Crippen LogP contribution in [0.2, 0.25) is 0 Å². The Bertz CT molecular complexity index is 1050. The molecule has 1 N–H and O–H groups in total. The predicted octanol–water partition coefficient (Wildman–Crippen LogP) is 3.22. The van der Waals surface area contributed by atoms with Crippen molar-refractivity contribution in [3.8, 4) is 5.75 Å². The zero-order chi connectivity index (χ0) is 22.5. The average Bonchev–Trinajstić information content (AvgIpc) is 2.81. The number of amides is 3. The van der Waals surface area contributed by atoms with Gasteiger partial charge in [0, 0.05) is 24.9 Å². The number of rotatable bonds is 5. The molecular formula is C24H24FN3O4. The Labute approximate surface area is 185 Å². The minimum absolute atomic E-state index is 0.0585. The van der Waals surface area contributed by atoms with Crippen molar-refractivity contribution in [2.45, 2.75) is 19.3 Å². The van der Waals surface area contributed by atoms with Gasteiger partial charge in [0.05, 0.1) is 5.69 Å². The molecule has 0 saturated carbocycles. The van der Waals surface area contributed by atoms with Gasteiger partial charge < -0.3 is 15.0 Å². The van der Waals surface area contributed by atoms with Crippen LogP contribution in [0.25, 0.3) is 6.08 Å². The van der Waals surface area contributed by atoms with Crippen LogP contribution in [0.15, 0.2) is 48.5 Å². The number of ether oxygens (including phenoxy) is 1. The predicted molar refractivity (Wildman–Crippen MR) is 119 cm³/mol. The summed E-state index contributed by atoms with van der Waals surface area (Å²) in [5.74, 6) is -0.643. The SMILES string of the molecule is O=C(/C=C/c1ccc(F)cc1)Nc1ccc2c(c1)N(CC(=O)N1CCCCC1)C(=O)CO2. The van der Waals surface area contributed by atoms with Gasteiger partial charge in [-0.25, -0.2) is 4.39 Å². The molecule has 2 aromatic rings. The number of carbonyl (C=O) groups excluding carboxylic acids is 3. The highest BCUT2D eigenvalue weighted by atomic mass is 19.1. The molecule has 2 heterocycles. The average molecular weight is 437 g/mol. The summed E-state index contributed by atoms with van der Waals surface area (Å²) in [5.41, 5.74) is 1.60. The van der Waals surface area contributed by atoms with E-state index in [0.717, 1.165) is 19.3 Å². The van der Waals surface area contributed by atoms with Crippen LogP contribution in [0.5, 0.6) is 5.75 Å². The van der Waals surface area contributed by atoms with Gasteiger partial charge in [0.25, 0.3) is 5.91 Å². The van der Waals surface area contributed by atoms with Crippen molar-refractivity contribution in [2.75, 3.05) is 36.5 Å². The monoisotopic (exact) mass is 437 g/mol. The van der Waals surface area contributed by atoms with Gasteiger partial charge in [-0.15, -0.1) is 0 Å². The maximum atomic E-state index is 13.0. The molecule has 0 spiro atoms. The number of hydrogen-bond donors (Lipinski definition) is 1. The lowest BCUT2D eigenvalue weighted by Gasteiger charge is -2.33. The number of halogens is 1. The Kier molecular flexibility index (Phi) is 6.49. The second-order valence-corrected chi connectivity index (χ2v) is 7.77. The molecule has 2 aliphatic rings. The zero-order valence-electron chi connectivity index (χ0n) is 17.6. The molecule has 0 aliphatic carbocycles. The van der Waals surface area contributed by atoms with Gasteiger partial charge in [-0.2, -0.15) is 0 Å². The highest BCUT2D eigenvalue weighted by Gasteiger charge is 2.29. The molecule has 0 radical (unpaired) electrons. The van der Waals surface area contributed by atoms with Crippen molar-refractivity contribution in [3.63, 3.8) is 0 Å². The zero-order valence-corrected chi connectivity index (χ0v) is 17.6. The van der Waals surface area contributed by atoms with E-state index < -0.39 is 0 Å². The van der Waals surface area contributed by atoms with Gasteiger partial charge in [0.15, 0.2) is 6.61 Å². The fourth-order valence-corrected chi connectivity index (χ4v) is 3.76. The first-order valence-corrected chi connectivity index (χ1v) is 10.6. The second kappa shape index (κ2) is 9.64. The maximum absolute atomic E-state index is 13.0. The van der Waals surface area contributed by atoms with Crippen LogP contribution in [-0.2, 0) is 14.4 Å². The van der Waals surface area contributed by atoms with Crippen molar-refractivity contribution >= 4 is 35.2 Å². The molecule has 1 fully saturated rings. The lowest BCUT2D eigenvalue weighted by molar-refractivity contribution is -0.132. The molecule has 4 rings (SSSR count). The second-order valence-electron chi connectivity index (χ2n) is 7.77. The van der Waals surface area contributed by atoms with Crippen LogP contribution in [0.3, 0.4) is 0 Å². The Hall–Kier alpha value is -3.68. The van der Waals surface area contributed by atoms with Gasteiger partial charge in [0.2, 0.25) is 11.8 Å². The fourth-order valence-electron chi connectivity index (χ4n) is 3.76. The minimum atomic E-state index is -0.381. The van der Waals surface area contributed by atoms with E-state index in [1.807, 2.05) is 0 Å². The van der Waals surface area contributed by atoms with Gasteiger partial charge in [-0.05, 0) is 61.2 Å². The summed E-state index contributed by atoms with van der Waals surface area (Å²) < 4.78 is 18.5. The summed E-state index contributed by atoms with van der Waals surface area (Å²) in [6.45, 7) is 1.23. The number of likely N-dealkylation sites (tertiary alicyclic amines) is 1. The minimum Gasteiger partial charge on any atom is -0.482 e. The van der Waals surface area contributed by atoms with Crippen molar-refractivity contribution in [1.82, 2.24) is 4.90 Å². The van der Waals surface area contributed by atoms with Gasteiger partial charge in [0.1, 0.15) is 18.1 Å². The number of fused-ring (bicyclic) bond motifs is 1. The molecule has 2 aromatic carbocycles. The molecule has 8 heteroatoms. The van der Waals surface area contributed by atoms with E-state index in [-0.39, 0.29) is 36.7 Å². The van der Waals surface area contributed by atoms with Gasteiger partial charge in [-0.1, -0.05) is 12.1 Å². The molecule has 0 unspecified atom stereocenters. The van der Waals surface area contributed by atoms with Crippen LogP contribution < -0.4 is 15.0 Å². The summed E-state index contributed by atoms with van der Waals surface area (Å²) in [5, 5.41) is 2.74. The van der Waals surface area contributed by atoms with Crippen molar-refractivity contribution in [2.24, 2.45) is 0 Å². The van der Waals surface area contributed by atoms with E-state index >= 15 is 0 Å². The highest BCUT2D eigenvalue weighted by Crippen LogP contribution is 2.34. The summed E-state index contributed by atoms with van der Waals surface area (Å²) in [4.78, 5) is 40.7. The normalized spacial score (nSPS) is 16.0. The van der Waals surface area contributed by atoms with E-state index in [2.05, 4.69) is 5.32 Å². The molecule has 1 saturated heterocycles. The first kappa shape index (κ1) is 21.5. The van der Waals surface area contributed by atoms with E-state index in [1.54, 1.807) is 41.3 Å². The number of piperidine rings is 1. The summed E-state index contributed by atoms with van der Waals surface area (Å²) in [6, 6.07) is 10.7. The quantitative estimate of drug-likeness (QED) is 0.729. The van der Waals surface area contributed by atoms with Crippen LogP contribution in [0.1, 0.15) is 24.8 Å². The van der Waals surface area contributed by atoms with Gasteiger partial charge in [-0.3, -0.25) is 19.3 Å². The largest absolute Gasteiger partial charge is 0.482 e. The number of carbonyl (C=O) groups is 3. The first-order chi connectivity index (χ1) is 15.5. The molecule has 2 aliphatic heterocycles. The summed E-state index contributed by atoms with van der Waals surface area (Å²) in [6.07, 6.45) is 5.97. The number of nitrogens with one attached hydrogen (secondary N) is 1. The highest BCUT2D eigenvalue weighted by molar-refractivity contribution is 6.05. The number of nitrogens with zero attached hydrogens (tertiary/aromatic N) is 2.